The largest absolute Gasteiger partial charge is 0.462 e. The molecule has 0 aliphatic heterocycles. The molecule has 2 aromatic carbocycles. The first-order chi connectivity index (χ1) is 14.0. The smallest absolute Gasteiger partial charge is 0.335 e. The third kappa shape index (κ3) is 7.44. The fourth-order valence-electron chi connectivity index (χ4n) is 2.98. The molecule has 0 N–H and O–H groups in total. The Morgan fingerprint density at radius 2 is 1.62 bits per heavy atom. The highest BCUT2D eigenvalue weighted by Crippen LogP contribution is 2.23. The van der Waals surface area contributed by atoms with Crippen LogP contribution in [0.2, 0.25) is 0 Å². The minimum atomic E-state index is -0.478. The van der Waals surface area contributed by atoms with Gasteiger partial charge in [0.05, 0.1) is 18.8 Å². The van der Waals surface area contributed by atoms with Gasteiger partial charge in [0.25, 0.3) is 0 Å². The second kappa shape index (κ2) is 12.1. The predicted molar refractivity (Wildman–Crippen MR) is 112 cm³/mol. The Morgan fingerprint density at radius 3 is 2.28 bits per heavy atom. The zero-order valence-corrected chi connectivity index (χ0v) is 17.2. The Morgan fingerprint density at radius 1 is 0.931 bits per heavy atom. The lowest BCUT2D eigenvalue weighted by Gasteiger charge is -2.09. The maximum atomic E-state index is 14.5. The minimum Gasteiger partial charge on any atom is -0.462 e. The van der Waals surface area contributed by atoms with Crippen LogP contribution in [0.1, 0.15) is 24.0 Å². The number of benzene rings is 2. The Hall–Kier alpha value is -2.50. The summed E-state index contributed by atoms with van der Waals surface area (Å²) in [6, 6.07) is 13.5. The van der Waals surface area contributed by atoms with E-state index in [9.17, 15) is 9.18 Å². The van der Waals surface area contributed by atoms with Gasteiger partial charge in [-0.2, -0.15) is 0 Å². The molecule has 0 aliphatic rings. The summed E-state index contributed by atoms with van der Waals surface area (Å²) in [5.41, 5.74) is 3.95. The van der Waals surface area contributed by atoms with Crippen molar-refractivity contribution in [2.24, 2.45) is 0 Å². The summed E-state index contributed by atoms with van der Waals surface area (Å²) in [6.45, 7) is 4.70. The lowest BCUT2D eigenvalue weighted by molar-refractivity contribution is -0.139. The zero-order chi connectivity index (χ0) is 21.1. The standard InChI is InChI=1S/C24H29FO4/c1-18(17-28-3)24(26)29-15-5-7-21-12-13-22(16-23(21)25)20-10-8-19(9-11-20)6-4-14-27-2/h8-13,16H,1,4-7,14-15,17H2,2-3H3. The second-order valence-electron chi connectivity index (χ2n) is 6.88. The number of carbonyl (C=O) groups excluding carboxylic acids is 1. The number of esters is 1. The van der Waals surface area contributed by atoms with Gasteiger partial charge in [-0.25, -0.2) is 9.18 Å². The van der Waals surface area contributed by atoms with Gasteiger partial charge in [-0.3, -0.25) is 0 Å². The van der Waals surface area contributed by atoms with Crippen LogP contribution in [-0.4, -0.2) is 40.0 Å². The molecule has 2 aromatic rings. The van der Waals surface area contributed by atoms with Crippen LogP contribution in [0.15, 0.2) is 54.6 Å². The lowest BCUT2D eigenvalue weighted by atomic mass is 9.99. The van der Waals surface area contributed by atoms with Crippen LogP contribution in [0.5, 0.6) is 0 Å². The molecule has 0 saturated carbocycles. The molecule has 0 unspecified atom stereocenters. The molecule has 0 radical (unpaired) electrons. The maximum Gasteiger partial charge on any atom is 0.335 e. The molecule has 5 heteroatoms. The van der Waals surface area contributed by atoms with E-state index >= 15 is 0 Å². The van der Waals surface area contributed by atoms with Crippen molar-refractivity contribution in [2.45, 2.75) is 25.7 Å². The molecule has 0 heterocycles. The maximum absolute atomic E-state index is 14.5. The van der Waals surface area contributed by atoms with Crippen molar-refractivity contribution in [3.8, 4) is 11.1 Å². The van der Waals surface area contributed by atoms with Gasteiger partial charge in [0.2, 0.25) is 0 Å². The van der Waals surface area contributed by atoms with Crippen molar-refractivity contribution in [1.82, 2.24) is 0 Å². The molecule has 0 saturated heterocycles. The van der Waals surface area contributed by atoms with E-state index < -0.39 is 5.97 Å². The summed E-state index contributed by atoms with van der Waals surface area (Å²) < 4.78 is 29.5. The van der Waals surface area contributed by atoms with Crippen molar-refractivity contribution in [1.29, 1.82) is 0 Å². The first-order valence-corrected chi connectivity index (χ1v) is 9.75. The molecule has 0 atom stereocenters. The average Bonchev–Trinajstić information content (AvgIpc) is 2.73. The van der Waals surface area contributed by atoms with Crippen LogP contribution in [0.3, 0.4) is 0 Å². The minimum absolute atomic E-state index is 0.142. The van der Waals surface area contributed by atoms with Crippen LogP contribution in [0, 0.1) is 5.82 Å². The number of aryl methyl sites for hydroxylation is 2. The molecule has 2 rings (SSSR count). The number of hydrogen-bond donors (Lipinski definition) is 0. The zero-order valence-electron chi connectivity index (χ0n) is 17.2. The van der Waals surface area contributed by atoms with Gasteiger partial charge < -0.3 is 14.2 Å². The number of ether oxygens (including phenoxy) is 3. The summed E-state index contributed by atoms with van der Waals surface area (Å²) >= 11 is 0. The van der Waals surface area contributed by atoms with E-state index in [1.54, 1.807) is 19.2 Å². The lowest BCUT2D eigenvalue weighted by Crippen LogP contribution is -2.12. The third-order valence-electron chi connectivity index (χ3n) is 4.59. The van der Waals surface area contributed by atoms with Gasteiger partial charge in [0, 0.05) is 20.8 Å². The van der Waals surface area contributed by atoms with Crippen LogP contribution in [0.4, 0.5) is 4.39 Å². The molecule has 156 valence electrons. The highest BCUT2D eigenvalue weighted by Gasteiger charge is 2.09. The number of methoxy groups -OCH3 is 2. The van der Waals surface area contributed by atoms with Gasteiger partial charge in [-0.15, -0.1) is 0 Å². The van der Waals surface area contributed by atoms with E-state index in [0.717, 1.165) is 30.6 Å². The van der Waals surface area contributed by atoms with Crippen LogP contribution in [0.25, 0.3) is 11.1 Å². The van der Waals surface area contributed by atoms with Gasteiger partial charge in [0.1, 0.15) is 5.82 Å². The van der Waals surface area contributed by atoms with Crippen molar-refractivity contribution in [2.75, 3.05) is 34.0 Å². The van der Waals surface area contributed by atoms with Crippen molar-refractivity contribution < 1.29 is 23.4 Å². The Balaban J connectivity index is 1.86. The van der Waals surface area contributed by atoms with E-state index in [-0.39, 0.29) is 24.6 Å². The molecule has 0 fully saturated rings. The van der Waals surface area contributed by atoms with E-state index in [0.29, 0.717) is 18.4 Å². The van der Waals surface area contributed by atoms with E-state index in [4.69, 9.17) is 14.2 Å². The van der Waals surface area contributed by atoms with E-state index in [1.807, 2.05) is 18.2 Å². The fraction of sp³-hybridized carbons (Fsp3) is 0.375. The van der Waals surface area contributed by atoms with Crippen LogP contribution >= 0.6 is 0 Å². The number of halogens is 1. The molecule has 0 aliphatic carbocycles. The summed E-state index contributed by atoms with van der Waals surface area (Å²) in [6.07, 6.45) is 2.98. The molecular weight excluding hydrogens is 371 g/mol. The molecule has 0 bridgehead atoms. The fourth-order valence-corrected chi connectivity index (χ4v) is 2.98. The SMILES string of the molecule is C=C(COC)C(=O)OCCCc1ccc(-c2ccc(CCCOC)cc2)cc1F. The second-order valence-corrected chi connectivity index (χ2v) is 6.88. The first kappa shape index (κ1) is 22.8. The average molecular weight is 400 g/mol. The van der Waals surface area contributed by atoms with E-state index in [1.165, 1.54) is 12.7 Å². The monoisotopic (exact) mass is 400 g/mol. The first-order valence-electron chi connectivity index (χ1n) is 9.75. The number of rotatable bonds is 12. The van der Waals surface area contributed by atoms with Crippen LogP contribution < -0.4 is 0 Å². The third-order valence-corrected chi connectivity index (χ3v) is 4.59. The van der Waals surface area contributed by atoms with E-state index in [2.05, 4.69) is 18.7 Å². The molecule has 0 amide bonds. The van der Waals surface area contributed by atoms with Crippen molar-refractivity contribution in [3.05, 3.63) is 71.6 Å². The van der Waals surface area contributed by atoms with Gasteiger partial charge in [-0.1, -0.05) is 43.0 Å². The van der Waals surface area contributed by atoms with Crippen LogP contribution in [-0.2, 0) is 31.8 Å². The Kier molecular flexibility index (Phi) is 9.54. The highest BCUT2D eigenvalue weighted by molar-refractivity contribution is 5.87. The van der Waals surface area contributed by atoms with Gasteiger partial charge >= 0.3 is 5.97 Å². The van der Waals surface area contributed by atoms with Gasteiger partial charge in [0.15, 0.2) is 0 Å². The summed E-state index contributed by atoms with van der Waals surface area (Å²) in [5, 5.41) is 0. The summed E-state index contributed by atoms with van der Waals surface area (Å²) in [5.74, 6) is -0.727. The number of carbonyl (C=O) groups is 1. The Labute approximate surface area is 172 Å². The summed E-state index contributed by atoms with van der Waals surface area (Å²) in [7, 11) is 3.19. The molecular formula is C24H29FO4. The molecule has 0 spiro atoms. The Bertz CT molecular complexity index is 799. The normalized spacial score (nSPS) is 10.7. The predicted octanol–water partition coefficient (Wildman–Crippen LogP) is 4.75. The molecule has 0 aromatic heterocycles. The van der Waals surface area contributed by atoms with Gasteiger partial charge in [-0.05, 0) is 54.0 Å². The number of hydrogen-bond acceptors (Lipinski definition) is 4. The van der Waals surface area contributed by atoms with Crippen molar-refractivity contribution in [3.63, 3.8) is 0 Å². The highest BCUT2D eigenvalue weighted by atomic mass is 19.1. The molecule has 29 heavy (non-hydrogen) atoms. The summed E-state index contributed by atoms with van der Waals surface area (Å²) in [4.78, 5) is 11.6. The van der Waals surface area contributed by atoms with Crippen molar-refractivity contribution >= 4 is 5.97 Å². The molecule has 4 nitrogen and oxygen atoms in total. The quantitative estimate of drug-likeness (QED) is 0.293. The topological polar surface area (TPSA) is 44.8 Å².